The zero-order chi connectivity index (χ0) is 25.3. The third-order valence-corrected chi connectivity index (χ3v) is 7.06. The van der Waals surface area contributed by atoms with Gasteiger partial charge < -0.3 is 18.9 Å². The summed E-state index contributed by atoms with van der Waals surface area (Å²) in [4.78, 5) is 23.5. The molecule has 4 rings (SSSR count). The van der Waals surface area contributed by atoms with Crippen LogP contribution in [-0.2, 0) is 24.5 Å². The Morgan fingerprint density at radius 1 is 0.971 bits per heavy atom. The molecule has 1 saturated carbocycles. The molecule has 0 heterocycles. The molecule has 6 heteroatoms. The third kappa shape index (κ3) is 4.66. The molecule has 2 bridgehead atoms. The highest BCUT2D eigenvalue weighted by molar-refractivity contribution is 5.99. The monoisotopic (exact) mass is 478 g/mol. The van der Waals surface area contributed by atoms with E-state index in [4.69, 9.17) is 18.9 Å². The fourth-order valence-electron chi connectivity index (χ4n) is 5.47. The van der Waals surface area contributed by atoms with Gasteiger partial charge in [0.1, 0.15) is 37.9 Å². The van der Waals surface area contributed by atoms with Crippen LogP contribution >= 0.6 is 0 Å². The second-order valence-electron chi connectivity index (χ2n) is 9.97. The molecule has 2 atom stereocenters. The number of benzene rings is 2. The van der Waals surface area contributed by atoms with Gasteiger partial charge in [0.05, 0.1) is 0 Å². The van der Waals surface area contributed by atoms with E-state index in [0.717, 1.165) is 47.1 Å². The Balaban J connectivity index is 1.69. The third-order valence-electron chi connectivity index (χ3n) is 7.06. The summed E-state index contributed by atoms with van der Waals surface area (Å²) < 4.78 is 23.2. The van der Waals surface area contributed by atoms with Crippen LogP contribution in [0.15, 0.2) is 42.5 Å². The molecule has 2 aromatic rings. The SMILES string of the molecule is C=C(C)C(=O)OCCOc1c2c(c(OCCOC(=O)C(=C)C)c3c(C)cccc13)C1CCC2(C)C1. The average Bonchev–Trinajstić information content (AvgIpc) is 3.34. The van der Waals surface area contributed by atoms with E-state index in [2.05, 4.69) is 39.1 Å². The normalized spacial score (nSPS) is 19.8. The first-order valence-electron chi connectivity index (χ1n) is 12.1. The molecule has 2 unspecified atom stereocenters. The number of carbonyl (C=O) groups excluding carboxylic acids is 2. The Labute approximate surface area is 206 Å². The lowest BCUT2D eigenvalue weighted by Gasteiger charge is -2.30. The van der Waals surface area contributed by atoms with Crippen LogP contribution in [-0.4, -0.2) is 38.4 Å². The molecule has 0 N–H and O–H groups in total. The van der Waals surface area contributed by atoms with Crippen molar-refractivity contribution in [1.82, 2.24) is 0 Å². The maximum atomic E-state index is 11.8. The predicted octanol–water partition coefficient (Wildman–Crippen LogP) is 5.68. The summed E-state index contributed by atoms with van der Waals surface area (Å²) in [6.45, 7) is 15.7. The maximum Gasteiger partial charge on any atom is 0.333 e. The molecule has 1 fully saturated rings. The summed E-state index contributed by atoms with van der Waals surface area (Å²) in [5.41, 5.74) is 4.24. The van der Waals surface area contributed by atoms with Crippen LogP contribution in [0.3, 0.4) is 0 Å². The van der Waals surface area contributed by atoms with Crippen molar-refractivity contribution in [3.63, 3.8) is 0 Å². The first kappa shape index (κ1) is 24.8. The van der Waals surface area contributed by atoms with Crippen LogP contribution < -0.4 is 9.47 Å². The summed E-state index contributed by atoms with van der Waals surface area (Å²) in [6.07, 6.45) is 3.26. The average molecular weight is 479 g/mol. The van der Waals surface area contributed by atoms with Crippen molar-refractivity contribution in [2.75, 3.05) is 26.4 Å². The van der Waals surface area contributed by atoms with Crippen molar-refractivity contribution in [2.45, 2.75) is 58.3 Å². The van der Waals surface area contributed by atoms with Gasteiger partial charge in [-0.15, -0.1) is 0 Å². The van der Waals surface area contributed by atoms with Crippen molar-refractivity contribution >= 4 is 22.7 Å². The van der Waals surface area contributed by atoms with Crippen LogP contribution in [0, 0.1) is 6.92 Å². The molecule has 2 aromatic carbocycles. The quantitative estimate of drug-likeness (QED) is 0.248. The van der Waals surface area contributed by atoms with Crippen LogP contribution in [0.5, 0.6) is 11.5 Å². The highest BCUT2D eigenvalue weighted by Crippen LogP contribution is 2.64. The van der Waals surface area contributed by atoms with E-state index in [1.54, 1.807) is 13.8 Å². The summed E-state index contributed by atoms with van der Waals surface area (Å²) in [5, 5.41) is 2.00. The maximum absolute atomic E-state index is 11.8. The standard InChI is InChI=1S/C29H34O6/c1-17(2)27(30)34-14-12-32-25-21-9-7-8-19(5)22(21)26(33-13-15-35-28(31)18(3)4)23-20-10-11-29(6,16-20)24(23)25/h7-9,20H,1,3,10-16H2,2,4-6H3. The summed E-state index contributed by atoms with van der Waals surface area (Å²) >= 11 is 0. The van der Waals surface area contributed by atoms with Crippen molar-refractivity contribution in [1.29, 1.82) is 0 Å². The predicted molar refractivity (Wildman–Crippen MR) is 135 cm³/mol. The van der Waals surface area contributed by atoms with Gasteiger partial charge >= 0.3 is 11.9 Å². The Hall–Kier alpha value is -3.28. The van der Waals surface area contributed by atoms with Gasteiger partial charge in [0, 0.05) is 33.0 Å². The number of esters is 2. The van der Waals surface area contributed by atoms with Crippen molar-refractivity contribution < 1.29 is 28.5 Å². The number of hydrogen-bond donors (Lipinski definition) is 0. The zero-order valence-electron chi connectivity index (χ0n) is 21.1. The number of rotatable bonds is 10. The number of ether oxygens (including phenoxy) is 4. The molecule has 2 aliphatic carbocycles. The van der Waals surface area contributed by atoms with Crippen molar-refractivity contribution in [2.24, 2.45) is 0 Å². The minimum absolute atomic E-state index is 0.00613. The Morgan fingerprint density at radius 2 is 1.57 bits per heavy atom. The molecule has 35 heavy (non-hydrogen) atoms. The highest BCUT2D eigenvalue weighted by atomic mass is 16.6. The number of aryl methyl sites for hydroxylation is 1. The van der Waals surface area contributed by atoms with Crippen LogP contribution in [0.4, 0.5) is 0 Å². The summed E-state index contributed by atoms with van der Waals surface area (Å²) in [7, 11) is 0. The first-order valence-corrected chi connectivity index (χ1v) is 12.1. The second kappa shape index (κ2) is 9.76. The van der Waals surface area contributed by atoms with Crippen LogP contribution in [0.25, 0.3) is 10.8 Å². The smallest absolute Gasteiger partial charge is 0.333 e. The Kier molecular flexibility index (Phi) is 6.93. The molecule has 0 saturated heterocycles. The van der Waals surface area contributed by atoms with Gasteiger partial charge in [-0.1, -0.05) is 38.3 Å². The molecule has 0 amide bonds. The number of carbonyl (C=O) groups is 2. The van der Waals surface area contributed by atoms with Crippen molar-refractivity contribution in [3.8, 4) is 11.5 Å². The van der Waals surface area contributed by atoms with E-state index >= 15 is 0 Å². The van der Waals surface area contributed by atoms with E-state index in [1.807, 2.05) is 6.07 Å². The largest absolute Gasteiger partial charge is 0.489 e. The number of hydrogen-bond acceptors (Lipinski definition) is 6. The van der Waals surface area contributed by atoms with Gasteiger partial charge in [0.25, 0.3) is 0 Å². The van der Waals surface area contributed by atoms with Gasteiger partial charge in [-0.3, -0.25) is 0 Å². The van der Waals surface area contributed by atoms with Crippen LogP contribution in [0.2, 0.25) is 0 Å². The molecule has 0 radical (unpaired) electrons. The van der Waals surface area contributed by atoms with E-state index in [-0.39, 0.29) is 31.8 Å². The molecule has 186 valence electrons. The highest BCUT2D eigenvalue weighted by Gasteiger charge is 2.50. The molecule has 0 aromatic heterocycles. The second-order valence-corrected chi connectivity index (χ2v) is 9.97. The topological polar surface area (TPSA) is 71.1 Å². The lowest BCUT2D eigenvalue weighted by atomic mass is 9.78. The van der Waals surface area contributed by atoms with Gasteiger partial charge in [0.2, 0.25) is 0 Å². The molecule has 0 aliphatic heterocycles. The van der Waals surface area contributed by atoms with E-state index in [0.29, 0.717) is 17.1 Å². The van der Waals surface area contributed by atoms with Gasteiger partial charge in [-0.05, 0) is 56.9 Å². The van der Waals surface area contributed by atoms with Gasteiger partial charge in [-0.2, -0.15) is 0 Å². The summed E-state index contributed by atoms with van der Waals surface area (Å²) in [5.74, 6) is 1.30. The number of fused-ring (bicyclic) bond motifs is 6. The van der Waals surface area contributed by atoms with E-state index < -0.39 is 11.9 Å². The van der Waals surface area contributed by atoms with Gasteiger partial charge in [0.15, 0.2) is 0 Å². The first-order chi connectivity index (χ1) is 16.6. The lowest BCUT2D eigenvalue weighted by molar-refractivity contribution is -0.140. The Morgan fingerprint density at radius 3 is 2.17 bits per heavy atom. The molecule has 2 aliphatic rings. The van der Waals surface area contributed by atoms with E-state index in [1.165, 1.54) is 11.1 Å². The Bertz CT molecular complexity index is 1210. The molecule has 6 nitrogen and oxygen atoms in total. The van der Waals surface area contributed by atoms with E-state index in [9.17, 15) is 9.59 Å². The lowest BCUT2D eigenvalue weighted by Crippen LogP contribution is -2.21. The fourth-order valence-corrected chi connectivity index (χ4v) is 5.47. The fraction of sp³-hybridized carbons (Fsp3) is 0.448. The van der Waals surface area contributed by atoms with Crippen molar-refractivity contribution in [3.05, 3.63) is 59.2 Å². The molecule has 0 spiro atoms. The molecular weight excluding hydrogens is 444 g/mol. The molecular formula is C29H34O6. The van der Waals surface area contributed by atoms with Gasteiger partial charge in [-0.25, -0.2) is 9.59 Å². The zero-order valence-corrected chi connectivity index (χ0v) is 21.1. The van der Waals surface area contributed by atoms with Crippen LogP contribution in [0.1, 0.15) is 62.6 Å². The summed E-state index contributed by atoms with van der Waals surface area (Å²) in [6, 6.07) is 6.14. The minimum atomic E-state index is -0.415. The minimum Gasteiger partial charge on any atom is -0.489 e.